The molecule has 3 aromatic rings. The Kier molecular flexibility index (Phi) is 7.73. The molecule has 0 radical (unpaired) electrons. The fourth-order valence-corrected chi connectivity index (χ4v) is 6.87. The third-order valence-corrected chi connectivity index (χ3v) is 8.88. The first kappa shape index (κ1) is 26.8. The summed E-state index contributed by atoms with van der Waals surface area (Å²) in [4.78, 5) is 28.0. The van der Waals surface area contributed by atoms with Gasteiger partial charge in [-0.05, 0) is 17.7 Å². The topological polar surface area (TPSA) is 198 Å². The minimum atomic E-state index is -2.53. The van der Waals surface area contributed by atoms with Crippen molar-refractivity contribution in [2.45, 2.75) is 49.6 Å². The van der Waals surface area contributed by atoms with E-state index in [1.54, 1.807) is 23.0 Å². The van der Waals surface area contributed by atoms with Crippen LogP contribution in [-0.2, 0) is 32.1 Å². The fraction of sp³-hybridized carbons (Fsp3) is 0.476. The first-order chi connectivity index (χ1) is 18.9. The predicted octanol–water partition coefficient (Wildman–Crippen LogP) is 2.35. The van der Waals surface area contributed by atoms with E-state index in [1.807, 2.05) is 0 Å². The number of nitrogen functional groups attached to an aromatic ring is 1. The molecular weight excluding hydrogens is 572 g/mol. The highest BCUT2D eigenvalue weighted by atomic mass is 32.7. The molecule has 0 saturated carbocycles. The average molecular weight is 596 g/mol. The number of aromatic nitrogens is 5. The maximum Gasteiger partial charge on any atom is 0.697 e. The van der Waals surface area contributed by atoms with Crippen LogP contribution in [0.3, 0.4) is 0 Å². The molecule has 18 heteroatoms. The van der Waals surface area contributed by atoms with Gasteiger partial charge in [-0.15, -0.1) is 9.05 Å². The van der Waals surface area contributed by atoms with E-state index in [0.717, 1.165) is 0 Å². The van der Waals surface area contributed by atoms with Crippen molar-refractivity contribution in [3.05, 3.63) is 42.2 Å². The third kappa shape index (κ3) is 5.62. The Morgan fingerprint density at radius 1 is 1.10 bits per heavy atom. The fourth-order valence-electron chi connectivity index (χ4n) is 4.74. The highest BCUT2D eigenvalue weighted by Gasteiger charge is 2.47. The summed E-state index contributed by atoms with van der Waals surface area (Å²) in [6, 6.07) is 3.30. The van der Waals surface area contributed by atoms with E-state index in [1.165, 1.54) is 12.5 Å². The van der Waals surface area contributed by atoms with E-state index in [9.17, 15) is 9.36 Å². The Bertz CT molecular complexity index is 1400. The number of rotatable bonds is 3. The summed E-state index contributed by atoms with van der Waals surface area (Å²) in [6.07, 6.45) is 1.88. The summed E-state index contributed by atoms with van der Waals surface area (Å²) >= 11 is 4.51. The number of carbonyl (C=O) groups excluding carboxylic acids is 1. The number of hydrogen-bond donors (Lipinski definition) is 3. The van der Waals surface area contributed by atoms with Crippen molar-refractivity contribution in [2.24, 2.45) is 5.73 Å². The van der Waals surface area contributed by atoms with Crippen molar-refractivity contribution in [3.63, 3.8) is 0 Å². The molecule has 3 aliphatic heterocycles. The second-order valence-corrected chi connectivity index (χ2v) is 11.9. The number of fused-ring (bicyclic) bond motifs is 3. The largest absolute Gasteiger partial charge is 0.697 e. The highest BCUT2D eigenvalue weighted by molar-refractivity contribution is 8.41. The number of imidazole rings is 1. The molecule has 6 rings (SSSR count). The van der Waals surface area contributed by atoms with Gasteiger partial charge in [-0.3, -0.25) is 14.3 Å². The first-order valence-corrected chi connectivity index (χ1v) is 15.3. The van der Waals surface area contributed by atoms with Crippen molar-refractivity contribution in [2.75, 3.05) is 18.9 Å². The Balaban J connectivity index is 1.16. The van der Waals surface area contributed by atoms with Crippen molar-refractivity contribution < 1.29 is 36.9 Å². The summed E-state index contributed by atoms with van der Waals surface area (Å²) in [7, 11) is -4.17. The molecule has 1 amide bonds. The molecule has 4 N–H and O–H groups in total. The number of carbonyl (C=O) groups is 1. The van der Waals surface area contributed by atoms with Crippen LogP contribution in [0.15, 0.2) is 31.0 Å². The maximum atomic E-state index is 12.8. The lowest BCUT2D eigenvalue weighted by atomic mass is 10.0. The summed E-state index contributed by atoms with van der Waals surface area (Å²) in [6.45, 7) is 0.00238. The van der Waals surface area contributed by atoms with Crippen LogP contribution >= 0.6 is 28.1 Å². The van der Waals surface area contributed by atoms with Gasteiger partial charge in [0.15, 0.2) is 11.5 Å². The second kappa shape index (κ2) is 11.2. The molecule has 6 unspecified atom stereocenters. The number of ether oxygens (including phenoxy) is 2. The van der Waals surface area contributed by atoms with Crippen molar-refractivity contribution >= 4 is 51.0 Å². The molecule has 0 aromatic carbocycles. The Morgan fingerprint density at radius 3 is 2.79 bits per heavy atom. The van der Waals surface area contributed by atoms with E-state index in [2.05, 4.69) is 32.2 Å². The lowest BCUT2D eigenvalue weighted by Crippen LogP contribution is -2.30. The summed E-state index contributed by atoms with van der Waals surface area (Å²) < 4.78 is 50.2. The summed E-state index contributed by atoms with van der Waals surface area (Å²) in [5.41, 5.74) is 13.0. The molecule has 8 atom stereocenters. The van der Waals surface area contributed by atoms with Gasteiger partial charge in [0.2, 0.25) is 7.58 Å². The van der Waals surface area contributed by atoms with Crippen LogP contribution < -0.4 is 11.5 Å². The SMILES string of the molecule is NC(=O)c1cc(C2C[C@@H]3OP(S)OCC4OC(n5cnc6c(N)ncnc65)C[C@@H]4O[P+](=O)OCC3O2)ccn1. The van der Waals surface area contributed by atoms with E-state index >= 15 is 0 Å². The molecule has 3 aliphatic rings. The number of nitrogens with zero attached hydrogens (tertiary/aromatic N) is 5. The van der Waals surface area contributed by atoms with Gasteiger partial charge in [0, 0.05) is 23.6 Å². The van der Waals surface area contributed by atoms with Crippen molar-refractivity contribution in [3.8, 4) is 0 Å². The number of pyridine rings is 1. The van der Waals surface area contributed by atoms with Crippen LogP contribution in [0.4, 0.5) is 5.82 Å². The molecule has 3 aromatic heterocycles. The zero-order chi connectivity index (χ0) is 27.1. The lowest BCUT2D eigenvalue weighted by molar-refractivity contribution is -0.0439. The Hall–Kier alpha value is -2.39. The van der Waals surface area contributed by atoms with Crippen LogP contribution in [-0.4, -0.2) is 68.0 Å². The number of primary amides is 1. The van der Waals surface area contributed by atoms with Crippen LogP contribution in [0.5, 0.6) is 0 Å². The molecule has 3 fully saturated rings. The number of hydrogen-bond acceptors (Lipinski definition) is 14. The van der Waals surface area contributed by atoms with Crippen molar-refractivity contribution in [1.82, 2.24) is 24.5 Å². The minimum Gasteiger partial charge on any atom is -0.382 e. The standard InChI is InChI=1S/C21H23N7O8P2S/c22-19-18-21(26-8-25-19)28(9-27-18)17-5-14-16(34-17)7-32-38(39)36-13-4-12(33-15(13)6-31-37(30)35-14)10-1-2-24-11(3-10)20(23)29/h1-3,8-9,12-17,39H,4-7H2,(H3-,22,23,25,26,29)/p+1/t12?,13-,14-,15?,16?,17?,38?/m0/s1. The van der Waals surface area contributed by atoms with E-state index in [4.69, 9.17) is 39.0 Å². The molecule has 3 saturated heterocycles. The van der Waals surface area contributed by atoms with Gasteiger partial charge in [0.05, 0.1) is 25.1 Å². The van der Waals surface area contributed by atoms with Gasteiger partial charge in [-0.25, -0.2) is 15.0 Å². The van der Waals surface area contributed by atoms with Crippen LogP contribution in [0, 0.1) is 0 Å². The minimum absolute atomic E-state index is 0.0644. The molecule has 206 valence electrons. The Labute approximate surface area is 228 Å². The quantitative estimate of drug-likeness (QED) is 0.294. The predicted molar refractivity (Wildman–Crippen MR) is 138 cm³/mol. The average Bonchev–Trinajstić information content (AvgIpc) is 3.63. The number of anilines is 1. The molecule has 39 heavy (non-hydrogen) atoms. The zero-order valence-corrected chi connectivity index (χ0v) is 22.9. The highest BCUT2D eigenvalue weighted by Crippen LogP contribution is 2.50. The summed E-state index contributed by atoms with van der Waals surface area (Å²) in [5, 5.41) is 0. The molecule has 0 spiro atoms. The van der Waals surface area contributed by atoms with E-state index < -0.39 is 58.5 Å². The zero-order valence-electron chi connectivity index (χ0n) is 20.2. The molecular formula is C21H24N7O8P2S+. The van der Waals surface area contributed by atoms with Crippen molar-refractivity contribution in [1.29, 1.82) is 0 Å². The third-order valence-electron chi connectivity index (χ3n) is 6.63. The lowest BCUT2D eigenvalue weighted by Gasteiger charge is -2.22. The monoisotopic (exact) mass is 596 g/mol. The van der Waals surface area contributed by atoms with Gasteiger partial charge in [0.1, 0.15) is 48.7 Å². The number of thiol groups is 1. The van der Waals surface area contributed by atoms with E-state index in [0.29, 0.717) is 29.6 Å². The normalized spacial score (nSPS) is 32.7. The number of nitrogens with two attached hydrogens (primary N) is 2. The molecule has 15 nitrogen and oxygen atoms in total. The van der Waals surface area contributed by atoms with Gasteiger partial charge < -0.3 is 30.0 Å². The van der Waals surface area contributed by atoms with Gasteiger partial charge >= 0.3 is 8.25 Å². The van der Waals surface area contributed by atoms with Gasteiger partial charge in [0.25, 0.3) is 5.91 Å². The molecule has 0 bridgehead atoms. The van der Waals surface area contributed by atoms with Crippen LogP contribution in [0.1, 0.15) is 41.2 Å². The van der Waals surface area contributed by atoms with Gasteiger partial charge in [-0.2, -0.15) is 0 Å². The smallest absolute Gasteiger partial charge is 0.382 e. The second-order valence-electron chi connectivity index (χ2n) is 9.03. The van der Waals surface area contributed by atoms with Gasteiger partial charge in [-0.1, -0.05) is 12.2 Å². The van der Waals surface area contributed by atoms with Crippen LogP contribution in [0.25, 0.3) is 11.2 Å². The van der Waals surface area contributed by atoms with E-state index in [-0.39, 0.29) is 24.7 Å². The number of amides is 1. The van der Waals surface area contributed by atoms with Crippen LogP contribution in [0.2, 0.25) is 0 Å². The molecule has 0 aliphatic carbocycles. The Morgan fingerprint density at radius 2 is 1.95 bits per heavy atom. The summed E-state index contributed by atoms with van der Waals surface area (Å²) in [5.74, 6) is -0.389. The maximum absolute atomic E-state index is 12.8. The first-order valence-electron chi connectivity index (χ1n) is 11.9. The molecule has 6 heterocycles.